The summed E-state index contributed by atoms with van der Waals surface area (Å²) in [4.78, 5) is 34.0. The predicted octanol–water partition coefficient (Wildman–Crippen LogP) is 4.60. The van der Waals surface area contributed by atoms with Crippen molar-refractivity contribution in [3.05, 3.63) is 75.9 Å². The van der Waals surface area contributed by atoms with Gasteiger partial charge >= 0.3 is 0 Å². The fourth-order valence-electron chi connectivity index (χ4n) is 3.25. The predicted molar refractivity (Wildman–Crippen MR) is 125 cm³/mol. The van der Waals surface area contributed by atoms with E-state index in [0.717, 1.165) is 21.7 Å². The third kappa shape index (κ3) is 3.78. The van der Waals surface area contributed by atoms with E-state index in [2.05, 4.69) is 0 Å². The number of rotatable bonds is 5. The van der Waals surface area contributed by atoms with E-state index in [0.29, 0.717) is 15.4 Å². The normalized spacial score (nSPS) is 11.0. The van der Waals surface area contributed by atoms with Crippen molar-refractivity contribution in [3.8, 4) is 16.8 Å². The van der Waals surface area contributed by atoms with Gasteiger partial charge in [0.15, 0.2) is 5.16 Å². The van der Waals surface area contributed by atoms with Gasteiger partial charge in [0.05, 0.1) is 16.8 Å². The number of carbonyl (C=O) groups is 1. The van der Waals surface area contributed by atoms with Gasteiger partial charge in [-0.3, -0.25) is 14.2 Å². The van der Waals surface area contributed by atoms with Gasteiger partial charge in [-0.1, -0.05) is 60.3 Å². The minimum atomic E-state index is -0.116. The molecule has 1 amide bonds. The molecule has 30 heavy (non-hydrogen) atoms. The number of fused-ring (bicyclic) bond motifs is 1. The summed E-state index contributed by atoms with van der Waals surface area (Å²) >= 11 is 2.80. The standard InChI is InChI=1S/C23H21N3O2S2/c1-15-19(16-10-6-4-7-11-16)20-21(30-15)24-23(29-14-18(27)25(2)3)26(22(20)28)17-12-8-5-9-13-17/h4-13H,14H2,1-3H3. The Morgan fingerprint density at radius 3 is 2.33 bits per heavy atom. The Hall–Kier alpha value is -2.90. The number of aryl methyl sites for hydroxylation is 1. The van der Waals surface area contributed by atoms with E-state index in [1.54, 1.807) is 23.6 Å². The van der Waals surface area contributed by atoms with Crippen molar-refractivity contribution >= 4 is 39.2 Å². The average molecular weight is 436 g/mol. The van der Waals surface area contributed by atoms with Crippen molar-refractivity contribution in [2.24, 2.45) is 0 Å². The second-order valence-electron chi connectivity index (χ2n) is 7.03. The number of thioether (sulfide) groups is 1. The molecule has 0 N–H and O–H groups in total. The molecule has 152 valence electrons. The van der Waals surface area contributed by atoms with Crippen molar-refractivity contribution in [2.45, 2.75) is 12.1 Å². The van der Waals surface area contributed by atoms with Gasteiger partial charge in [-0.25, -0.2) is 4.98 Å². The summed E-state index contributed by atoms with van der Waals surface area (Å²) in [7, 11) is 3.44. The number of hydrogen-bond donors (Lipinski definition) is 0. The highest BCUT2D eigenvalue weighted by molar-refractivity contribution is 7.99. The monoisotopic (exact) mass is 435 g/mol. The van der Waals surface area contributed by atoms with Crippen LogP contribution in [0, 0.1) is 6.92 Å². The molecule has 7 heteroatoms. The van der Waals surface area contributed by atoms with Crippen molar-refractivity contribution in [1.82, 2.24) is 14.5 Å². The van der Waals surface area contributed by atoms with Crippen LogP contribution in [-0.2, 0) is 4.79 Å². The molecule has 4 aromatic rings. The molecule has 0 radical (unpaired) electrons. The second kappa shape index (κ2) is 8.45. The van der Waals surface area contributed by atoms with Crippen LogP contribution in [0.15, 0.2) is 70.6 Å². The number of hydrogen-bond acceptors (Lipinski definition) is 5. The third-order valence-corrected chi connectivity index (χ3v) is 6.69. The number of amides is 1. The van der Waals surface area contributed by atoms with E-state index in [1.165, 1.54) is 23.1 Å². The molecular formula is C23H21N3O2S2. The summed E-state index contributed by atoms with van der Waals surface area (Å²) in [6, 6.07) is 19.4. The van der Waals surface area contributed by atoms with E-state index in [-0.39, 0.29) is 17.2 Å². The van der Waals surface area contributed by atoms with Gasteiger partial charge in [0, 0.05) is 24.5 Å². The van der Waals surface area contributed by atoms with Gasteiger partial charge in [-0.2, -0.15) is 0 Å². The molecule has 0 atom stereocenters. The number of benzene rings is 2. The minimum absolute atomic E-state index is 0.0266. The van der Waals surface area contributed by atoms with Crippen LogP contribution in [0.2, 0.25) is 0 Å². The van der Waals surface area contributed by atoms with Crippen molar-refractivity contribution in [3.63, 3.8) is 0 Å². The van der Waals surface area contributed by atoms with Crippen LogP contribution in [-0.4, -0.2) is 40.2 Å². The molecule has 0 aliphatic carbocycles. The van der Waals surface area contributed by atoms with Gasteiger partial charge in [0.2, 0.25) is 5.91 Å². The first kappa shape index (κ1) is 20.4. The van der Waals surface area contributed by atoms with Gasteiger partial charge in [0.25, 0.3) is 5.56 Å². The van der Waals surface area contributed by atoms with Crippen LogP contribution in [0.25, 0.3) is 27.0 Å². The molecule has 0 bridgehead atoms. The van der Waals surface area contributed by atoms with Gasteiger partial charge < -0.3 is 4.90 Å². The second-order valence-corrected chi connectivity index (χ2v) is 9.17. The molecule has 4 rings (SSSR count). The number of carbonyl (C=O) groups excluding carboxylic acids is 1. The molecule has 5 nitrogen and oxygen atoms in total. The van der Waals surface area contributed by atoms with Crippen LogP contribution in [0.4, 0.5) is 0 Å². The average Bonchev–Trinajstić information content (AvgIpc) is 3.09. The number of para-hydroxylation sites is 1. The van der Waals surface area contributed by atoms with E-state index < -0.39 is 0 Å². The van der Waals surface area contributed by atoms with E-state index >= 15 is 0 Å². The first-order valence-electron chi connectivity index (χ1n) is 9.47. The maximum absolute atomic E-state index is 13.8. The Morgan fingerprint density at radius 1 is 1.07 bits per heavy atom. The summed E-state index contributed by atoms with van der Waals surface area (Å²) in [5.74, 6) is 0.189. The molecule has 0 saturated heterocycles. The minimum Gasteiger partial charge on any atom is -0.348 e. The topological polar surface area (TPSA) is 55.2 Å². The lowest BCUT2D eigenvalue weighted by molar-refractivity contribution is -0.125. The highest BCUT2D eigenvalue weighted by Crippen LogP contribution is 2.36. The Kier molecular flexibility index (Phi) is 5.74. The summed E-state index contributed by atoms with van der Waals surface area (Å²) in [5.41, 5.74) is 2.55. The van der Waals surface area contributed by atoms with E-state index in [4.69, 9.17) is 4.98 Å². The smallest absolute Gasteiger partial charge is 0.268 e. The number of aromatic nitrogens is 2. The fourth-order valence-corrected chi connectivity index (χ4v) is 5.33. The largest absolute Gasteiger partial charge is 0.348 e. The molecule has 0 saturated carbocycles. The lowest BCUT2D eigenvalue weighted by Crippen LogP contribution is -2.25. The van der Waals surface area contributed by atoms with Crippen LogP contribution < -0.4 is 5.56 Å². The maximum atomic E-state index is 13.8. The molecule has 2 aromatic carbocycles. The number of thiophene rings is 1. The molecule has 2 aromatic heterocycles. The first-order chi connectivity index (χ1) is 14.5. The fraction of sp³-hybridized carbons (Fsp3) is 0.174. The van der Waals surface area contributed by atoms with Crippen molar-refractivity contribution < 1.29 is 4.79 Å². The van der Waals surface area contributed by atoms with Crippen molar-refractivity contribution in [2.75, 3.05) is 19.8 Å². The maximum Gasteiger partial charge on any atom is 0.268 e. The Labute approximate surface area is 183 Å². The van der Waals surface area contributed by atoms with Crippen LogP contribution in [0.1, 0.15) is 4.88 Å². The highest BCUT2D eigenvalue weighted by atomic mass is 32.2. The van der Waals surface area contributed by atoms with Gasteiger partial charge in [-0.15, -0.1) is 11.3 Å². The van der Waals surface area contributed by atoms with Crippen molar-refractivity contribution in [1.29, 1.82) is 0 Å². The molecule has 0 fully saturated rings. The van der Waals surface area contributed by atoms with Gasteiger partial charge in [-0.05, 0) is 24.6 Å². The Morgan fingerprint density at radius 2 is 1.70 bits per heavy atom. The quantitative estimate of drug-likeness (QED) is 0.340. The zero-order chi connectivity index (χ0) is 21.3. The summed E-state index contributed by atoms with van der Waals surface area (Å²) in [5, 5.41) is 1.14. The number of nitrogens with zero attached hydrogens (tertiary/aromatic N) is 3. The first-order valence-corrected chi connectivity index (χ1v) is 11.3. The summed E-state index contributed by atoms with van der Waals surface area (Å²) < 4.78 is 1.62. The van der Waals surface area contributed by atoms with Crippen LogP contribution in [0.5, 0.6) is 0 Å². The molecular weight excluding hydrogens is 414 g/mol. The SMILES string of the molecule is Cc1sc2nc(SCC(=O)N(C)C)n(-c3ccccc3)c(=O)c2c1-c1ccccc1. The third-order valence-electron chi connectivity index (χ3n) is 4.77. The summed E-state index contributed by atoms with van der Waals surface area (Å²) in [6.45, 7) is 2.02. The van der Waals surface area contributed by atoms with Crippen LogP contribution in [0.3, 0.4) is 0 Å². The molecule has 0 unspecified atom stereocenters. The lowest BCUT2D eigenvalue weighted by Gasteiger charge is -2.14. The summed E-state index contributed by atoms with van der Waals surface area (Å²) in [6.07, 6.45) is 0. The Balaban J connectivity index is 1.96. The zero-order valence-corrected chi connectivity index (χ0v) is 18.6. The Bertz CT molecular complexity index is 1260. The van der Waals surface area contributed by atoms with Gasteiger partial charge in [0.1, 0.15) is 4.83 Å². The lowest BCUT2D eigenvalue weighted by atomic mass is 10.0. The zero-order valence-electron chi connectivity index (χ0n) is 17.0. The highest BCUT2D eigenvalue weighted by Gasteiger charge is 2.21. The molecule has 0 spiro atoms. The molecule has 0 aliphatic rings. The van der Waals surface area contributed by atoms with E-state index in [9.17, 15) is 9.59 Å². The molecule has 0 aliphatic heterocycles. The molecule has 2 heterocycles. The van der Waals surface area contributed by atoms with E-state index in [1.807, 2.05) is 67.6 Å². The van der Waals surface area contributed by atoms with Crippen LogP contribution >= 0.6 is 23.1 Å².